The summed E-state index contributed by atoms with van der Waals surface area (Å²) in [6.45, 7) is 1.34. The fraction of sp³-hybridized carbons (Fsp3) is 0.471. The number of hydrogen-bond donors (Lipinski definition) is 2. The van der Waals surface area contributed by atoms with Gasteiger partial charge in [0, 0.05) is 6.42 Å². The van der Waals surface area contributed by atoms with Crippen LogP contribution in [0.1, 0.15) is 31.7 Å². The Morgan fingerprint density at radius 3 is 2.96 bits per heavy atom. The van der Waals surface area contributed by atoms with Crippen molar-refractivity contribution in [3.05, 3.63) is 42.1 Å². The molecule has 0 spiro atoms. The molecular weight excluding hydrogens is 301 g/mol. The molecule has 1 amide bonds. The SMILES string of the molecule is CC(O)(CCC1CC([CH]Cc2cccc(F)c2)OC1=O)C(N)=O. The lowest BCUT2D eigenvalue weighted by atomic mass is 9.90. The van der Waals surface area contributed by atoms with Gasteiger partial charge in [-0.1, -0.05) is 12.1 Å². The van der Waals surface area contributed by atoms with E-state index in [1.807, 2.05) is 6.42 Å². The molecule has 0 aromatic heterocycles. The number of hydrogen-bond acceptors (Lipinski definition) is 4. The van der Waals surface area contributed by atoms with Crippen LogP contribution in [-0.4, -0.2) is 28.7 Å². The van der Waals surface area contributed by atoms with Crippen LogP contribution in [0.25, 0.3) is 0 Å². The Balaban J connectivity index is 1.82. The minimum atomic E-state index is -1.62. The van der Waals surface area contributed by atoms with Crippen molar-refractivity contribution in [3.63, 3.8) is 0 Å². The van der Waals surface area contributed by atoms with Gasteiger partial charge in [-0.15, -0.1) is 0 Å². The minimum absolute atomic E-state index is 0.110. The van der Waals surface area contributed by atoms with Gasteiger partial charge < -0.3 is 15.6 Å². The zero-order chi connectivity index (χ0) is 17.0. The number of aliphatic hydroxyl groups is 1. The Hall–Kier alpha value is -1.95. The lowest BCUT2D eigenvalue weighted by molar-refractivity contribution is -0.144. The first kappa shape index (κ1) is 17.4. The first-order valence-electron chi connectivity index (χ1n) is 7.58. The number of halogens is 1. The maximum Gasteiger partial charge on any atom is 0.309 e. The van der Waals surface area contributed by atoms with Crippen LogP contribution in [0.15, 0.2) is 24.3 Å². The largest absolute Gasteiger partial charge is 0.462 e. The second-order valence-corrected chi connectivity index (χ2v) is 6.15. The molecule has 3 atom stereocenters. The standard InChI is InChI=1S/C17H21FNO4/c1-17(22,16(19)21)8-7-12-10-14(23-15(12)20)6-5-11-3-2-4-13(18)9-11/h2-4,6,9,12,14,22H,5,7-8,10H2,1H3,(H2,19,21). The summed E-state index contributed by atoms with van der Waals surface area (Å²) in [5, 5.41) is 9.81. The number of cyclic esters (lactones) is 1. The third-order valence-corrected chi connectivity index (χ3v) is 4.13. The molecule has 6 heteroatoms. The maximum atomic E-state index is 13.1. The second-order valence-electron chi connectivity index (χ2n) is 6.15. The summed E-state index contributed by atoms with van der Waals surface area (Å²) in [7, 11) is 0. The maximum absolute atomic E-state index is 13.1. The summed E-state index contributed by atoms with van der Waals surface area (Å²) >= 11 is 0. The van der Waals surface area contributed by atoms with Crippen LogP contribution < -0.4 is 5.73 Å². The highest BCUT2D eigenvalue weighted by atomic mass is 19.1. The molecule has 1 fully saturated rings. The molecule has 1 saturated heterocycles. The highest BCUT2D eigenvalue weighted by Crippen LogP contribution is 2.29. The topological polar surface area (TPSA) is 89.6 Å². The molecule has 1 aromatic carbocycles. The Morgan fingerprint density at radius 1 is 1.57 bits per heavy atom. The zero-order valence-electron chi connectivity index (χ0n) is 13.0. The van der Waals surface area contributed by atoms with E-state index in [0.717, 1.165) is 5.56 Å². The van der Waals surface area contributed by atoms with Crippen molar-refractivity contribution in [2.75, 3.05) is 0 Å². The van der Waals surface area contributed by atoms with Crippen molar-refractivity contribution in [3.8, 4) is 0 Å². The van der Waals surface area contributed by atoms with Gasteiger partial charge in [0.15, 0.2) is 0 Å². The molecule has 0 bridgehead atoms. The van der Waals surface area contributed by atoms with Crippen LogP contribution >= 0.6 is 0 Å². The fourth-order valence-electron chi connectivity index (χ4n) is 2.56. The molecule has 3 unspecified atom stereocenters. The summed E-state index contributed by atoms with van der Waals surface area (Å²) in [6, 6.07) is 6.25. The van der Waals surface area contributed by atoms with Crippen molar-refractivity contribution in [1.29, 1.82) is 0 Å². The van der Waals surface area contributed by atoms with Crippen molar-refractivity contribution in [2.45, 2.75) is 44.3 Å². The first-order valence-corrected chi connectivity index (χ1v) is 7.58. The normalized spacial score (nSPS) is 23.3. The molecule has 1 heterocycles. The third kappa shape index (κ3) is 4.76. The molecular formula is C17H21FNO4. The van der Waals surface area contributed by atoms with Crippen molar-refractivity contribution in [1.82, 2.24) is 0 Å². The molecule has 0 saturated carbocycles. The van der Waals surface area contributed by atoms with Gasteiger partial charge in [-0.25, -0.2) is 4.39 Å². The number of rotatable bonds is 7. The Kier molecular flexibility index (Phi) is 5.36. The Morgan fingerprint density at radius 2 is 2.30 bits per heavy atom. The smallest absolute Gasteiger partial charge is 0.309 e. The monoisotopic (exact) mass is 322 g/mol. The van der Waals surface area contributed by atoms with E-state index in [-0.39, 0.29) is 30.2 Å². The van der Waals surface area contributed by atoms with Crippen molar-refractivity contribution in [2.24, 2.45) is 11.7 Å². The van der Waals surface area contributed by atoms with Crippen LogP contribution in [0.3, 0.4) is 0 Å². The third-order valence-electron chi connectivity index (χ3n) is 4.13. The summed E-state index contributed by atoms with van der Waals surface area (Å²) in [5.41, 5.74) is 4.28. The molecule has 0 aliphatic carbocycles. The van der Waals surface area contributed by atoms with Crippen LogP contribution in [0.4, 0.5) is 4.39 Å². The van der Waals surface area contributed by atoms with E-state index in [1.165, 1.54) is 19.1 Å². The Bertz CT molecular complexity index is 588. The molecule has 125 valence electrons. The predicted octanol–water partition coefficient (Wildman–Crippen LogP) is 1.52. The summed E-state index contributed by atoms with van der Waals surface area (Å²) in [4.78, 5) is 22.9. The van der Waals surface area contributed by atoms with Gasteiger partial charge in [0.25, 0.3) is 0 Å². The minimum Gasteiger partial charge on any atom is -0.462 e. The quantitative estimate of drug-likeness (QED) is 0.745. The summed E-state index contributed by atoms with van der Waals surface area (Å²) < 4.78 is 18.4. The van der Waals surface area contributed by atoms with Crippen LogP contribution in [0.5, 0.6) is 0 Å². The molecule has 1 aromatic rings. The lowest BCUT2D eigenvalue weighted by Crippen LogP contribution is -2.41. The molecule has 23 heavy (non-hydrogen) atoms. The number of esters is 1. The van der Waals surface area contributed by atoms with Crippen LogP contribution in [-0.2, 0) is 20.7 Å². The van der Waals surface area contributed by atoms with E-state index in [9.17, 15) is 19.1 Å². The number of amides is 1. The molecule has 1 aliphatic heterocycles. The first-order chi connectivity index (χ1) is 10.8. The van der Waals surface area contributed by atoms with Crippen molar-refractivity contribution < 1.29 is 23.8 Å². The second kappa shape index (κ2) is 7.08. The van der Waals surface area contributed by atoms with Gasteiger partial charge in [-0.05, 0) is 50.3 Å². The predicted molar refractivity (Wildman–Crippen MR) is 81.4 cm³/mol. The van der Waals surface area contributed by atoms with E-state index in [4.69, 9.17) is 10.5 Å². The average molecular weight is 322 g/mol. The number of carbonyl (C=O) groups excluding carboxylic acids is 2. The van der Waals surface area contributed by atoms with E-state index >= 15 is 0 Å². The van der Waals surface area contributed by atoms with Gasteiger partial charge >= 0.3 is 5.97 Å². The summed E-state index contributed by atoms with van der Waals surface area (Å²) in [6.07, 6.45) is 2.93. The average Bonchev–Trinajstić information content (AvgIpc) is 2.83. The van der Waals surface area contributed by atoms with Crippen LogP contribution in [0.2, 0.25) is 0 Å². The van der Waals surface area contributed by atoms with Crippen LogP contribution in [0, 0.1) is 18.2 Å². The number of primary amides is 1. The number of ether oxygens (including phenoxy) is 1. The molecule has 1 aliphatic rings. The van der Waals surface area contributed by atoms with Crippen molar-refractivity contribution >= 4 is 11.9 Å². The molecule has 1 radical (unpaired) electrons. The van der Waals surface area contributed by atoms with E-state index in [1.54, 1.807) is 12.1 Å². The Labute approximate surface area is 134 Å². The van der Waals surface area contributed by atoms with E-state index in [2.05, 4.69) is 0 Å². The van der Waals surface area contributed by atoms with Gasteiger partial charge in [0.05, 0.1) is 5.92 Å². The van der Waals surface area contributed by atoms with E-state index in [0.29, 0.717) is 19.3 Å². The summed E-state index contributed by atoms with van der Waals surface area (Å²) in [5.74, 6) is -1.82. The lowest BCUT2D eigenvalue weighted by Gasteiger charge is -2.19. The van der Waals surface area contributed by atoms with E-state index < -0.39 is 11.5 Å². The number of benzene rings is 1. The molecule has 2 rings (SSSR count). The van der Waals surface area contributed by atoms with Gasteiger partial charge in [0.1, 0.15) is 17.5 Å². The highest BCUT2D eigenvalue weighted by Gasteiger charge is 2.37. The van der Waals surface area contributed by atoms with Gasteiger partial charge in [-0.2, -0.15) is 0 Å². The molecule has 5 nitrogen and oxygen atoms in total. The molecule has 3 N–H and O–H groups in total. The zero-order valence-corrected chi connectivity index (χ0v) is 13.0. The number of carbonyl (C=O) groups is 2. The van der Waals surface area contributed by atoms with Gasteiger partial charge in [-0.3, -0.25) is 9.59 Å². The number of nitrogens with two attached hydrogens (primary N) is 1. The fourth-order valence-corrected chi connectivity index (χ4v) is 2.56. The van der Waals surface area contributed by atoms with Gasteiger partial charge in [0.2, 0.25) is 5.91 Å². The highest BCUT2D eigenvalue weighted by molar-refractivity contribution is 5.82.